The Hall–Kier alpha value is -2.48. The van der Waals surface area contributed by atoms with E-state index in [0.29, 0.717) is 39.0 Å². The van der Waals surface area contributed by atoms with E-state index in [4.69, 9.17) is 0 Å². The predicted molar refractivity (Wildman–Crippen MR) is 93.9 cm³/mol. The third kappa shape index (κ3) is 4.37. The first-order valence-corrected chi connectivity index (χ1v) is 8.90. The first-order valence-electron chi connectivity index (χ1n) is 8.90. The molecular formula is C18H23FN4O3. The molecule has 0 spiro atoms. The topological polar surface area (TPSA) is 81.8 Å². The van der Waals surface area contributed by atoms with E-state index in [1.54, 1.807) is 12.1 Å². The van der Waals surface area contributed by atoms with Crippen LogP contribution >= 0.6 is 0 Å². The van der Waals surface area contributed by atoms with Crippen molar-refractivity contribution < 1.29 is 18.8 Å². The predicted octanol–water partition coefficient (Wildman–Crippen LogP) is 0.117. The van der Waals surface area contributed by atoms with Crippen LogP contribution < -0.4 is 15.5 Å². The smallest absolute Gasteiger partial charge is 0.316 e. The van der Waals surface area contributed by atoms with E-state index in [1.807, 2.05) is 4.90 Å². The number of halogens is 1. The highest BCUT2D eigenvalue weighted by molar-refractivity contribution is 6.37. The molecule has 2 aliphatic heterocycles. The molecule has 2 fully saturated rings. The minimum absolute atomic E-state index is 0.219. The first-order chi connectivity index (χ1) is 12.5. The minimum atomic E-state index is -0.858. The molecule has 26 heavy (non-hydrogen) atoms. The molecule has 0 atom stereocenters. The fourth-order valence-electron chi connectivity index (χ4n) is 3.31. The van der Waals surface area contributed by atoms with Crippen molar-refractivity contribution in [2.24, 2.45) is 5.92 Å². The maximum absolute atomic E-state index is 13.0. The second kappa shape index (κ2) is 8.27. The molecule has 3 amide bonds. The zero-order valence-corrected chi connectivity index (χ0v) is 14.5. The summed E-state index contributed by atoms with van der Waals surface area (Å²) in [5.74, 6) is -2.41. The van der Waals surface area contributed by atoms with Crippen LogP contribution in [0.4, 0.5) is 10.1 Å². The van der Waals surface area contributed by atoms with Crippen LogP contribution in [0.1, 0.15) is 12.8 Å². The van der Waals surface area contributed by atoms with Crippen molar-refractivity contribution in [3.05, 3.63) is 30.1 Å². The Balaban J connectivity index is 1.48. The maximum Gasteiger partial charge on any atom is 0.316 e. The fraction of sp³-hybridized carbons (Fsp3) is 0.500. The Morgan fingerprint density at radius 1 is 1.00 bits per heavy atom. The number of hydrogen-bond donors (Lipinski definition) is 2. The zero-order valence-electron chi connectivity index (χ0n) is 14.5. The van der Waals surface area contributed by atoms with Gasteiger partial charge >= 0.3 is 11.8 Å². The van der Waals surface area contributed by atoms with Crippen LogP contribution in [0.15, 0.2) is 24.3 Å². The van der Waals surface area contributed by atoms with Crippen LogP contribution in [0.3, 0.4) is 0 Å². The van der Waals surface area contributed by atoms with Gasteiger partial charge in [-0.25, -0.2) is 4.39 Å². The number of amides is 3. The third-order valence-corrected chi connectivity index (χ3v) is 4.90. The summed E-state index contributed by atoms with van der Waals surface area (Å²) in [5.41, 5.74) is 0.879. The van der Waals surface area contributed by atoms with Crippen LogP contribution in [0.25, 0.3) is 0 Å². The van der Waals surface area contributed by atoms with Gasteiger partial charge in [-0.15, -0.1) is 0 Å². The lowest BCUT2D eigenvalue weighted by atomic mass is 9.97. The van der Waals surface area contributed by atoms with E-state index in [1.165, 1.54) is 17.0 Å². The van der Waals surface area contributed by atoms with Gasteiger partial charge in [0.2, 0.25) is 5.91 Å². The molecule has 3 rings (SSSR count). The number of benzene rings is 1. The van der Waals surface area contributed by atoms with Gasteiger partial charge in [0.05, 0.1) is 0 Å². The van der Waals surface area contributed by atoms with Crippen LogP contribution in [-0.2, 0) is 14.4 Å². The Kier molecular flexibility index (Phi) is 5.82. The Morgan fingerprint density at radius 3 is 2.23 bits per heavy atom. The Labute approximate surface area is 151 Å². The van der Waals surface area contributed by atoms with Gasteiger partial charge in [0.15, 0.2) is 0 Å². The summed E-state index contributed by atoms with van der Waals surface area (Å²) in [5, 5.41) is 5.40. The normalized spacial score (nSPS) is 18.5. The van der Waals surface area contributed by atoms with Gasteiger partial charge < -0.3 is 15.1 Å². The third-order valence-electron chi connectivity index (χ3n) is 4.90. The summed E-state index contributed by atoms with van der Waals surface area (Å²) in [6.45, 7) is 3.34. The standard InChI is InChI=1S/C18H23FN4O3/c19-14-1-3-15(4-2-14)22-9-11-23(12-10-22)18(26)17(25)21-16(24)13-5-7-20-8-6-13/h1-4,13,20H,5-12H2,(H,21,24,25). The molecular weight excluding hydrogens is 339 g/mol. The van der Waals surface area contributed by atoms with Gasteiger partial charge in [0.1, 0.15) is 5.82 Å². The largest absolute Gasteiger partial charge is 0.368 e. The number of piperazine rings is 1. The second-order valence-electron chi connectivity index (χ2n) is 6.60. The fourth-order valence-corrected chi connectivity index (χ4v) is 3.31. The number of anilines is 1. The van der Waals surface area contributed by atoms with Crippen molar-refractivity contribution in [2.45, 2.75) is 12.8 Å². The molecule has 0 aromatic heterocycles. The first kappa shape index (κ1) is 18.3. The quantitative estimate of drug-likeness (QED) is 0.731. The van der Waals surface area contributed by atoms with Crippen molar-refractivity contribution in [2.75, 3.05) is 44.2 Å². The lowest BCUT2D eigenvalue weighted by molar-refractivity contribution is -0.148. The van der Waals surface area contributed by atoms with Crippen molar-refractivity contribution in [3.8, 4) is 0 Å². The molecule has 0 unspecified atom stereocenters. The average Bonchev–Trinajstić information content (AvgIpc) is 2.69. The number of carbonyl (C=O) groups is 3. The van der Waals surface area contributed by atoms with Gasteiger partial charge in [0, 0.05) is 37.8 Å². The van der Waals surface area contributed by atoms with E-state index >= 15 is 0 Å². The summed E-state index contributed by atoms with van der Waals surface area (Å²) in [7, 11) is 0. The molecule has 2 saturated heterocycles. The summed E-state index contributed by atoms with van der Waals surface area (Å²) < 4.78 is 13.0. The van der Waals surface area contributed by atoms with E-state index in [0.717, 1.165) is 18.8 Å². The molecule has 2 N–H and O–H groups in total. The van der Waals surface area contributed by atoms with E-state index in [-0.39, 0.29) is 17.6 Å². The molecule has 1 aromatic rings. The van der Waals surface area contributed by atoms with Crippen molar-refractivity contribution in [1.29, 1.82) is 0 Å². The lowest BCUT2D eigenvalue weighted by Gasteiger charge is -2.35. The molecule has 0 bridgehead atoms. The van der Waals surface area contributed by atoms with E-state index < -0.39 is 11.8 Å². The Bertz CT molecular complexity index is 666. The number of imide groups is 1. The van der Waals surface area contributed by atoms with Crippen LogP contribution in [0.5, 0.6) is 0 Å². The lowest BCUT2D eigenvalue weighted by Crippen LogP contribution is -2.54. The number of carbonyl (C=O) groups excluding carboxylic acids is 3. The second-order valence-corrected chi connectivity index (χ2v) is 6.60. The molecule has 140 valence electrons. The highest BCUT2D eigenvalue weighted by Crippen LogP contribution is 2.17. The van der Waals surface area contributed by atoms with Gasteiger partial charge in [0.25, 0.3) is 0 Å². The van der Waals surface area contributed by atoms with Crippen LogP contribution in [-0.4, -0.2) is 61.9 Å². The molecule has 1 aromatic carbocycles. The summed E-state index contributed by atoms with van der Waals surface area (Å²) in [6.07, 6.45) is 1.34. The van der Waals surface area contributed by atoms with Gasteiger partial charge in [-0.3, -0.25) is 19.7 Å². The summed E-state index contributed by atoms with van der Waals surface area (Å²) in [6, 6.07) is 6.17. The van der Waals surface area contributed by atoms with Crippen LogP contribution in [0.2, 0.25) is 0 Å². The number of rotatable bonds is 2. The highest BCUT2D eigenvalue weighted by atomic mass is 19.1. The van der Waals surface area contributed by atoms with Gasteiger partial charge in [-0.1, -0.05) is 0 Å². The van der Waals surface area contributed by atoms with Crippen molar-refractivity contribution in [1.82, 2.24) is 15.5 Å². The molecule has 0 aliphatic carbocycles. The highest BCUT2D eigenvalue weighted by Gasteiger charge is 2.29. The van der Waals surface area contributed by atoms with E-state index in [9.17, 15) is 18.8 Å². The summed E-state index contributed by atoms with van der Waals surface area (Å²) in [4.78, 5) is 39.9. The number of hydrogen-bond acceptors (Lipinski definition) is 5. The van der Waals surface area contributed by atoms with Gasteiger partial charge in [-0.05, 0) is 50.2 Å². The number of piperidine rings is 1. The average molecular weight is 362 g/mol. The Morgan fingerprint density at radius 2 is 1.62 bits per heavy atom. The van der Waals surface area contributed by atoms with Crippen molar-refractivity contribution >= 4 is 23.4 Å². The molecule has 0 radical (unpaired) electrons. The zero-order chi connectivity index (χ0) is 18.5. The van der Waals surface area contributed by atoms with Crippen molar-refractivity contribution in [3.63, 3.8) is 0 Å². The molecule has 7 nitrogen and oxygen atoms in total. The molecule has 2 heterocycles. The summed E-state index contributed by atoms with van der Waals surface area (Å²) >= 11 is 0. The SMILES string of the molecule is O=C(NC(=O)C1CCNCC1)C(=O)N1CCN(c2ccc(F)cc2)CC1. The number of nitrogens with zero attached hydrogens (tertiary/aromatic N) is 2. The minimum Gasteiger partial charge on any atom is -0.368 e. The maximum atomic E-state index is 13.0. The molecule has 0 saturated carbocycles. The van der Waals surface area contributed by atoms with Gasteiger partial charge in [-0.2, -0.15) is 0 Å². The monoisotopic (exact) mass is 362 g/mol. The molecule has 2 aliphatic rings. The molecule has 8 heteroatoms. The van der Waals surface area contributed by atoms with Crippen LogP contribution in [0, 0.1) is 11.7 Å². The van der Waals surface area contributed by atoms with E-state index in [2.05, 4.69) is 10.6 Å². The number of nitrogens with one attached hydrogen (secondary N) is 2.